The van der Waals surface area contributed by atoms with Gasteiger partial charge in [-0.15, -0.1) is 0 Å². The third kappa shape index (κ3) is 5.13. The number of amides is 1. The number of hydrogen-bond donors (Lipinski definition) is 1. The van der Waals surface area contributed by atoms with Crippen LogP contribution in [0.2, 0.25) is 0 Å². The van der Waals surface area contributed by atoms with Gasteiger partial charge in [0.2, 0.25) is 0 Å². The van der Waals surface area contributed by atoms with Gasteiger partial charge in [0.25, 0.3) is 0 Å². The number of nitrogens with one attached hydrogen (secondary N) is 1. The molecule has 2 fully saturated rings. The highest BCUT2D eigenvalue weighted by atomic mass is 16.6. The molecule has 0 aromatic carbocycles. The first kappa shape index (κ1) is 17.5. The van der Waals surface area contributed by atoms with Crippen molar-refractivity contribution in [2.45, 2.75) is 58.6 Å². The van der Waals surface area contributed by atoms with Gasteiger partial charge in [0.05, 0.1) is 6.61 Å². The molecule has 1 N–H and O–H groups in total. The van der Waals surface area contributed by atoms with E-state index in [1.54, 1.807) is 0 Å². The Morgan fingerprint density at radius 3 is 2.64 bits per heavy atom. The maximum absolute atomic E-state index is 12.2. The van der Waals surface area contributed by atoms with Gasteiger partial charge >= 0.3 is 6.09 Å². The monoisotopic (exact) mass is 312 g/mol. The lowest BCUT2D eigenvalue weighted by Gasteiger charge is -2.31. The molecule has 1 saturated carbocycles. The maximum Gasteiger partial charge on any atom is 0.410 e. The van der Waals surface area contributed by atoms with E-state index in [0.29, 0.717) is 17.9 Å². The van der Waals surface area contributed by atoms with Gasteiger partial charge in [0, 0.05) is 32.3 Å². The van der Waals surface area contributed by atoms with Crippen molar-refractivity contribution >= 4 is 6.09 Å². The van der Waals surface area contributed by atoms with Crippen LogP contribution in [-0.4, -0.2) is 55.5 Å². The van der Waals surface area contributed by atoms with E-state index in [2.05, 4.69) is 5.32 Å². The third-order valence-electron chi connectivity index (χ3n) is 4.58. The quantitative estimate of drug-likeness (QED) is 0.793. The van der Waals surface area contributed by atoms with Crippen LogP contribution >= 0.6 is 0 Å². The van der Waals surface area contributed by atoms with Crippen molar-refractivity contribution in [3.8, 4) is 0 Å². The van der Waals surface area contributed by atoms with Gasteiger partial charge in [-0.3, -0.25) is 0 Å². The maximum atomic E-state index is 12.2. The van der Waals surface area contributed by atoms with E-state index in [9.17, 15) is 4.79 Å². The van der Waals surface area contributed by atoms with Crippen molar-refractivity contribution in [2.24, 2.45) is 11.8 Å². The molecule has 1 aliphatic heterocycles. The number of likely N-dealkylation sites (tertiary alicyclic amines) is 1. The van der Waals surface area contributed by atoms with Gasteiger partial charge in [-0.05, 0) is 58.8 Å². The molecule has 0 aromatic heterocycles. The molecule has 0 radical (unpaired) electrons. The molecule has 22 heavy (non-hydrogen) atoms. The second-order valence-corrected chi connectivity index (χ2v) is 7.57. The smallest absolute Gasteiger partial charge is 0.410 e. The van der Waals surface area contributed by atoms with E-state index in [0.717, 1.165) is 39.3 Å². The van der Waals surface area contributed by atoms with Crippen LogP contribution in [-0.2, 0) is 9.47 Å². The molecule has 0 bridgehead atoms. The van der Waals surface area contributed by atoms with Gasteiger partial charge in [0.15, 0.2) is 0 Å². The second kappa shape index (κ2) is 7.64. The summed E-state index contributed by atoms with van der Waals surface area (Å²) in [5.74, 6) is 1.27. The van der Waals surface area contributed by atoms with E-state index in [1.165, 1.54) is 12.8 Å². The Bertz CT molecular complexity index is 367. The first-order valence-corrected chi connectivity index (χ1v) is 8.68. The largest absolute Gasteiger partial charge is 0.444 e. The average Bonchev–Trinajstić information content (AvgIpc) is 2.85. The van der Waals surface area contributed by atoms with Crippen LogP contribution in [0.1, 0.15) is 47.0 Å². The molecule has 5 heteroatoms. The van der Waals surface area contributed by atoms with Gasteiger partial charge < -0.3 is 19.7 Å². The van der Waals surface area contributed by atoms with Gasteiger partial charge in [0.1, 0.15) is 5.60 Å². The van der Waals surface area contributed by atoms with Crippen molar-refractivity contribution in [1.29, 1.82) is 0 Å². The van der Waals surface area contributed by atoms with Crippen molar-refractivity contribution < 1.29 is 14.3 Å². The molecule has 128 valence electrons. The van der Waals surface area contributed by atoms with Crippen molar-refractivity contribution in [3.63, 3.8) is 0 Å². The van der Waals surface area contributed by atoms with Crippen LogP contribution in [0.15, 0.2) is 0 Å². The summed E-state index contributed by atoms with van der Waals surface area (Å²) in [6.07, 6.45) is 3.42. The molecular weight excluding hydrogens is 280 g/mol. The number of fused-ring (bicyclic) bond motifs is 1. The van der Waals surface area contributed by atoms with Gasteiger partial charge in [-0.2, -0.15) is 0 Å². The summed E-state index contributed by atoms with van der Waals surface area (Å²) >= 11 is 0. The summed E-state index contributed by atoms with van der Waals surface area (Å²) < 4.78 is 10.9. The van der Waals surface area contributed by atoms with E-state index in [4.69, 9.17) is 9.47 Å². The zero-order valence-electron chi connectivity index (χ0n) is 14.6. The second-order valence-electron chi connectivity index (χ2n) is 7.57. The Hall–Kier alpha value is -0.810. The van der Waals surface area contributed by atoms with Gasteiger partial charge in [-0.25, -0.2) is 4.79 Å². The Morgan fingerprint density at radius 2 is 1.95 bits per heavy atom. The van der Waals surface area contributed by atoms with Crippen molar-refractivity contribution in [3.05, 3.63) is 0 Å². The minimum absolute atomic E-state index is 0.150. The molecule has 1 amide bonds. The summed E-state index contributed by atoms with van der Waals surface area (Å²) in [5.41, 5.74) is -0.409. The zero-order valence-corrected chi connectivity index (χ0v) is 14.6. The lowest BCUT2D eigenvalue weighted by atomic mass is 9.79. The molecule has 3 atom stereocenters. The topological polar surface area (TPSA) is 50.8 Å². The summed E-state index contributed by atoms with van der Waals surface area (Å²) in [7, 11) is 0. The number of nitrogens with zero attached hydrogens (tertiary/aromatic N) is 1. The first-order chi connectivity index (χ1) is 10.4. The van der Waals surface area contributed by atoms with Crippen LogP contribution in [0.25, 0.3) is 0 Å². The van der Waals surface area contributed by atoms with E-state index >= 15 is 0 Å². The lowest BCUT2D eigenvalue weighted by molar-refractivity contribution is 0.0284. The van der Waals surface area contributed by atoms with E-state index in [1.807, 2.05) is 32.6 Å². The van der Waals surface area contributed by atoms with E-state index in [-0.39, 0.29) is 6.09 Å². The molecule has 5 nitrogen and oxygen atoms in total. The lowest BCUT2D eigenvalue weighted by Crippen LogP contribution is -2.38. The van der Waals surface area contributed by atoms with Gasteiger partial charge in [-0.1, -0.05) is 0 Å². The van der Waals surface area contributed by atoms with Crippen molar-refractivity contribution in [1.82, 2.24) is 10.2 Å². The van der Waals surface area contributed by atoms with E-state index < -0.39 is 5.60 Å². The average molecular weight is 312 g/mol. The summed E-state index contributed by atoms with van der Waals surface area (Å²) in [6.45, 7) is 12.0. The molecule has 0 aromatic rings. The highest BCUT2D eigenvalue weighted by molar-refractivity contribution is 5.68. The molecule has 2 rings (SSSR count). The fourth-order valence-electron chi connectivity index (χ4n) is 3.57. The molecule has 1 aliphatic carbocycles. The van der Waals surface area contributed by atoms with Crippen LogP contribution < -0.4 is 5.32 Å². The molecule has 3 unspecified atom stereocenters. The Balaban J connectivity index is 1.75. The van der Waals surface area contributed by atoms with Crippen LogP contribution in [0.4, 0.5) is 4.79 Å². The minimum Gasteiger partial charge on any atom is -0.444 e. The predicted molar refractivity (Wildman–Crippen MR) is 86.9 cm³/mol. The number of ether oxygens (including phenoxy) is 2. The predicted octanol–water partition coefficient (Wildman–Crippen LogP) is 2.65. The molecule has 1 saturated heterocycles. The summed E-state index contributed by atoms with van der Waals surface area (Å²) in [4.78, 5) is 14.1. The normalized spacial score (nSPS) is 28.5. The molecule has 1 heterocycles. The van der Waals surface area contributed by atoms with Crippen LogP contribution in [0.3, 0.4) is 0 Å². The SMILES string of the molecule is CCOCCNC1CCC2CN(C(=O)OC(C)(C)C)CC2C1. The highest BCUT2D eigenvalue weighted by Gasteiger charge is 2.40. The number of rotatable bonds is 5. The van der Waals surface area contributed by atoms with Crippen LogP contribution in [0, 0.1) is 11.8 Å². The number of carbonyl (C=O) groups excluding carboxylic acids is 1. The zero-order chi connectivity index (χ0) is 16.2. The number of carbonyl (C=O) groups is 1. The van der Waals surface area contributed by atoms with Crippen LogP contribution in [0.5, 0.6) is 0 Å². The summed E-state index contributed by atoms with van der Waals surface area (Å²) in [6, 6.07) is 0.570. The molecular formula is C17H32N2O3. The Morgan fingerprint density at radius 1 is 1.23 bits per heavy atom. The van der Waals surface area contributed by atoms with Crippen molar-refractivity contribution in [2.75, 3.05) is 32.8 Å². The fourth-order valence-corrected chi connectivity index (χ4v) is 3.57. The Kier molecular flexibility index (Phi) is 6.09. The Labute approximate surface area is 134 Å². The molecule has 0 spiro atoms. The third-order valence-corrected chi connectivity index (χ3v) is 4.58. The summed E-state index contributed by atoms with van der Waals surface area (Å²) in [5, 5.41) is 3.59. The molecule has 2 aliphatic rings. The first-order valence-electron chi connectivity index (χ1n) is 8.68. The highest BCUT2D eigenvalue weighted by Crippen LogP contribution is 2.36. The fraction of sp³-hybridized carbons (Fsp3) is 0.941. The standard InChI is InChI=1S/C17H32N2O3/c1-5-21-9-8-18-15-7-6-13-11-19(12-14(13)10-15)16(20)22-17(2,3)4/h13-15,18H,5-12H2,1-4H3. The number of hydrogen-bond acceptors (Lipinski definition) is 4. The minimum atomic E-state index is -0.409.